The van der Waals surface area contributed by atoms with Gasteiger partial charge < -0.3 is 4.74 Å². The Balaban J connectivity index is 1.79. The maximum absolute atomic E-state index is 11.8. The predicted octanol–water partition coefficient (Wildman–Crippen LogP) is 3.18. The zero-order valence-corrected chi connectivity index (χ0v) is 13.3. The number of nitrogens with zero attached hydrogens (tertiary/aromatic N) is 1. The summed E-state index contributed by atoms with van der Waals surface area (Å²) in [6.45, 7) is 2.11. The van der Waals surface area contributed by atoms with Gasteiger partial charge in [0.05, 0.1) is 17.9 Å². The van der Waals surface area contributed by atoms with Crippen LogP contribution in [0.2, 0.25) is 0 Å². The molecule has 1 aliphatic heterocycles. The summed E-state index contributed by atoms with van der Waals surface area (Å²) in [6.07, 6.45) is 0.547. The Labute approximate surface area is 139 Å². The number of anilines is 1. The Morgan fingerprint density at radius 1 is 0.917 bits per heavy atom. The summed E-state index contributed by atoms with van der Waals surface area (Å²) in [5, 5.41) is 0. The fraction of sp³-hybridized carbons (Fsp3) is 0.211. The fourth-order valence-corrected chi connectivity index (χ4v) is 2.68. The lowest BCUT2D eigenvalue weighted by molar-refractivity contribution is -0.121. The number of rotatable bonds is 4. The van der Waals surface area contributed by atoms with E-state index < -0.39 is 0 Å². The molecular formula is C19H17NO4. The van der Waals surface area contributed by atoms with E-state index in [1.807, 2.05) is 24.3 Å². The molecule has 0 aromatic heterocycles. The second kappa shape index (κ2) is 6.66. The van der Waals surface area contributed by atoms with Crippen LogP contribution in [-0.2, 0) is 14.3 Å². The summed E-state index contributed by atoms with van der Waals surface area (Å²) in [7, 11) is 0. The van der Waals surface area contributed by atoms with Crippen LogP contribution >= 0.6 is 0 Å². The second-order valence-electron chi connectivity index (χ2n) is 5.47. The minimum absolute atomic E-state index is 0.161. The first-order valence-electron chi connectivity index (χ1n) is 7.83. The number of hydrogen-bond donors (Lipinski definition) is 0. The van der Waals surface area contributed by atoms with E-state index in [1.54, 1.807) is 31.2 Å². The molecular weight excluding hydrogens is 306 g/mol. The van der Waals surface area contributed by atoms with Crippen molar-refractivity contribution in [3.63, 3.8) is 0 Å². The van der Waals surface area contributed by atoms with Gasteiger partial charge in [0, 0.05) is 12.8 Å². The number of ether oxygens (including phenoxy) is 1. The molecule has 5 nitrogen and oxygen atoms in total. The van der Waals surface area contributed by atoms with Gasteiger partial charge in [0.2, 0.25) is 11.8 Å². The van der Waals surface area contributed by atoms with Crippen LogP contribution in [0.25, 0.3) is 11.1 Å². The van der Waals surface area contributed by atoms with Crippen LogP contribution in [0.3, 0.4) is 0 Å². The average molecular weight is 323 g/mol. The lowest BCUT2D eigenvalue weighted by Gasteiger charge is -2.14. The highest BCUT2D eigenvalue weighted by atomic mass is 16.5. The third-order valence-corrected chi connectivity index (χ3v) is 3.91. The normalized spacial score (nSPS) is 14.1. The van der Waals surface area contributed by atoms with E-state index in [0.717, 1.165) is 11.1 Å². The van der Waals surface area contributed by atoms with Crippen molar-refractivity contribution in [1.82, 2.24) is 0 Å². The third kappa shape index (κ3) is 3.06. The van der Waals surface area contributed by atoms with E-state index in [0.29, 0.717) is 17.9 Å². The number of imide groups is 1. The molecule has 0 unspecified atom stereocenters. The van der Waals surface area contributed by atoms with E-state index in [-0.39, 0.29) is 30.6 Å². The van der Waals surface area contributed by atoms with Crippen molar-refractivity contribution in [3.05, 3.63) is 54.1 Å². The lowest BCUT2D eigenvalue weighted by atomic mass is 10.0. The Bertz CT molecular complexity index is 762. The van der Waals surface area contributed by atoms with Crippen molar-refractivity contribution in [2.45, 2.75) is 19.8 Å². The standard InChI is InChI=1S/C19H17NO4/c1-2-24-19(23)15-5-3-13(4-6-15)14-7-9-16(10-8-14)20-17(21)11-12-18(20)22/h3-10H,2,11-12H2,1H3. The molecule has 0 bridgehead atoms. The summed E-state index contributed by atoms with van der Waals surface area (Å²) < 4.78 is 4.96. The van der Waals surface area contributed by atoms with Crippen LogP contribution in [0.5, 0.6) is 0 Å². The third-order valence-electron chi connectivity index (χ3n) is 3.91. The van der Waals surface area contributed by atoms with E-state index in [2.05, 4.69) is 0 Å². The summed E-state index contributed by atoms with van der Waals surface area (Å²) in [6, 6.07) is 14.3. The molecule has 1 aliphatic rings. The van der Waals surface area contributed by atoms with Crippen LogP contribution < -0.4 is 4.90 Å². The first-order chi connectivity index (χ1) is 11.6. The largest absolute Gasteiger partial charge is 0.462 e. The van der Waals surface area contributed by atoms with Crippen molar-refractivity contribution in [3.8, 4) is 11.1 Å². The Morgan fingerprint density at radius 3 is 1.92 bits per heavy atom. The van der Waals surface area contributed by atoms with Gasteiger partial charge in [-0.15, -0.1) is 0 Å². The number of carbonyl (C=O) groups is 3. The van der Waals surface area contributed by atoms with Crippen molar-refractivity contribution < 1.29 is 19.1 Å². The highest BCUT2D eigenvalue weighted by molar-refractivity contribution is 6.19. The van der Waals surface area contributed by atoms with Crippen molar-refractivity contribution in [1.29, 1.82) is 0 Å². The predicted molar refractivity (Wildman–Crippen MR) is 89.6 cm³/mol. The molecule has 1 heterocycles. The SMILES string of the molecule is CCOC(=O)c1ccc(-c2ccc(N3C(=O)CCC3=O)cc2)cc1. The van der Waals surface area contributed by atoms with Gasteiger partial charge in [0.1, 0.15) is 0 Å². The Kier molecular flexibility index (Phi) is 4.42. The van der Waals surface area contributed by atoms with Gasteiger partial charge in [-0.3, -0.25) is 14.5 Å². The number of carbonyl (C=O) groups excluding carboxylic acids is 3. The highest BCUT2D eigenvalue weighted by Crippen LogP contribution is 2.26. The second-order valence-corrected chi connectivity index (χ2v) is 5.47. The molecule has 2 amide bonds. The van der Waals surface area contributed by atoms with E-state index in [1.165, 1.54) is 4.90 Å². The van der Waals surface area contributed by atoms with Crippen LogP contribution in [0.1, 0.15) is 30.1 Å². The van der Waals surface area contributed by atoms with Gasteiger partial charge >= 0.3 is 5.97 Å². The Morgan fingerprint density at radius 2 is 1.42 bits per heavy atom. The Hall–Kier alpha value is -2.95. The molecule has 122 valence electrons. The van der Waals surface area contributed by atoms with E-state index in [9.17, 15) is 14.4 Å². The molecule has 0 spiro atoms. The maximum Gasteiger partial charge on any atom is 0.338 e. The molecule has 2 aromatic rings. The summed E-state index contributed by atoms with van der Waals surface area (Å²) in [4.78, 5) is 36.4. The van der Waals surface area contributed by atoms with Crippen LogP contribution in [-0.4, -0.2) is 24.4 Å². The van der Waals surface area contributed by atoms with Crippen molar-refractivity contribution >= 4 is 23.5 Å². The monoisotopic (exact) mass is 323 g/mol. The van der Waals surface area contributed by atoms with E-state index in [4.69, 9.17) is 4.74 Å². The molecule has 24 heavy (non-hydrogen) atoms. The summed E-state index contributed by atoms with van der Waals surface area (Å²) >= 11 is 0. The number of hydrogen-bond acceptors (Lipinski definition) is 4. The van der Waals surface area contributed by atoms with E-state index >= 15 is 0 Å². The quantitative estimate of drug-likeness (QED) is 0.640. The van der Waals surface area contributed by atoms with Crippen LogP contribution in [0.4, 0.5) is 5.69 Å². The number of benzene rings is 2. The first-order valence-corrected chi connectivity index (χ1v) is 7.83. The van der Waals surface area contributed by atoms with Gasteiger partial charge in [-0.25, -0.2) is 4.79 Å². The molecule has 2 aromatic carbocycles. The minimum atomic E-state index is -0.342. The molecule has 0 N–H and O–H groups in total. The molecule has 0 saturated carbocycles. The van der Waals surface area contributed by atoms with Gasteiger partial charge in [-0.2, -0.15) is 0 Å². The lowest BCUT2D eigenvalue weighted by Crippen LogP contribution is -2.28. The number of esters is 1. The van der Waals surface area contributed by atoms with Crippen LogP contribution in [0, 0.1) is 0 Å². The van der Waals surface area contributed by atoms with Crippen LogP contribution in [0.15, 0.2) is 48.5 Å². The molecule has 1 fully saturated rings. The number of amides is 2. The van der Waals surface area contributed by atoms with Gasteiger partial charge in [0.25, 0.3) is 0 Å². The highest BCUT2D eigenvalue weighted by Gasteiger charge is 2.30. The molecule has 5 heteroatoms. The van der Waals surface area contributed by atoms with Gasteiger partial charge in [-0.1, -0.05) is 24.3 Å². The molecule has 0 radical (unpaired) electrons. The molecule has 1 saturated heterocycles. The molecule has 0 atom stereocenters. The van der Waals surface area contributed by atoms with Crippen molar-refractivity contribution in [2.24, 2.45) is 0 Å². The minimum Gasteiger partial charge on any atom is -0.462 e. The topological polar surface area (TPSA) is 63.7 Å². The summed E-state index contributed by atoms with van der Waals surface area (Å²) in [5.74, 6) is -0.663. The fourth-order valence-electron chi connectivity index (χ4n) is 2.68. The zero-order valence-electron chi connectivity index (χ0n) is 13.3. The zero-order chi connectivity index (χ0) is 17.1. The maximum atomic E-state index is 11.8. The van der Waals surface area contributed by atoms with Gasteiger partial charge in [-0.05, 0) is 42.3 Å². The molecule has 3 rings (SSSR count). The van der Waals surface area contributed by atoms with Gasteiger partial charge in [0.15, 0.2) is 0 Å². The van der Waals surface area contributed by atoms with Crippen molar-refractivity contribution in [2.75, 3.05) is 11.5 Å². The average Bonchev–Trinajstić information content (AvgIpc) is 2.94. The first kappa shape index (κ1) is 15.9. The smallest absolute Gasteiger partial charge is 0.338 e. The summed E-state index contributed by atoms with van der Waals surface area (Å²) in [5.41, 5.74) is 2.97. The molecule has 0 aliphatic carbocycles.